The third kappa shape index (κ3) is 3.50. The molecule has 1 fully saturated rings. The number of nitrogens with zero attached hydrogens (tertiary/aromatic N) is 3. The standard InChI is InChI=1S/C20H26N4O3/c1-12(25)21-15-8-14(9-15)19-23-22-17(24(19)4)11-26-16-7-5-6-13-10-20(2,3)27-18(13)16/h5-7,14-15H,8-11H2,1-4H3,(H,21,25). The highest BCUT2D eigenvalue weighted by atomic mass is 16.5. The summed E-state index contributed by atoms with van der Waals surface area (Å²) in [4.78, 5) is 11.1. The Kier molecular flexibility index (Phi) is 4.32. The van der Waals surface area contributed by atoms with Crippen molar-refractivity contribution >= 4 is 5.91 Å². The third-order valence-corrected chi connectivity index (χ3v) is 5.32. The molecule has 1 aliphatic carbocycles. The average molecular weight is 370 g/mol. The van der Waals surface area contributed by atoms with Crippen LogP contribution in [0.1, 0.15) is 56.7 Å². The molecule has 2 aromatic rings. The van der Waals surface area contributed by atoms with Crippen molar-refractivity contribution in [3.05, 3.63) is 35.4 Å². The number of hydrogen-bond donors (Lipinski definition) is 1. The van der Waals surface area contributed by atoms with Gasteiger partial charge in [-0.25, -0.2) is 0 Å². The van der Waals surface area contributed by atoms with E-state index in [1.54, 1.807) is 6.92 Å². The van der Waals surface area contributed by atoms with Gasteiger partial charge in [-0.05, 0) is 32.8 Å². The first-order chi connectivity index (χ1) is 12.8. The SMILES string of the molecule is CC(=O)NC1CC(c2nnc(COc3cccc4c3OC(C)(C)C4)n2C)C1. The first kappa shape index (κ1) is 17.8. The predicted octanol–water partition coefficient (Wildman–Crippen LogP) is 2.49. The molecule has 0 atom stereocenters. The van der Waals surface area contributed by atoms with Crippen LogP contribution in [0.5, 0.6) is 11.5 Å². The Morgan fingerprint density at radius 1 is 1.37 bits per heavy atom. The molecule has 1 aliphatic heterocycles. The molecular weight excluding hydrogens is 344 g/mol. The van der Waals surface area contributed by atoms with Gasteiger partial charge >= 0.3 is 0 Å². The summed E-state index contributed by atoms with van der Waals surface area (Å²) in [5.41, 5.74) is 0.976. The highest BCUT2D eigenvalue weighted by molar-refractivity contribution is 5.73. The molecule has 0 spiro atoms. The van der Waals surface area contributed by atoms with E-state index in [2.05, 4.69) is 35.4 Å². The van der Waals surface area contributed by atoms with Crippen LogP contribution in [0, 0.1) is 0 Å². The van der Waals surface area contributed by atoms with Gasteiger partial charge in [-0.1, -0.05) is 12.1 Å². The largest absolute Gasteiger partial charge is 0.483 e. The molecule has 1 aromatic heterocycles. The Morgan fingerprint density at radius 2 is 2.15 bits per heavy atom. The first-order valence-electron chi connectivity index (χ1n) is 9.41. The summed E-state index contributed by atoms with van der Waals surface area (Å²) in [6.07, 6.45) is 2.69. The van der Waals surface area contributed by atoms with Crippen molar-refractivity contribution in [1.82, 2.24) is 20.1 Å². The monoisotopic (exact) mass is 370 g/mol. The molecule has 4 rings (SSSR count). The molecular formula is C20H26N4O3. The number of nitrogens with one attached hydrogen (secondary N) is 1. The van der Waals surface area contributed by atoms with Gasteiger partial charge in [-0.2, -0.15) is 0 Å². The summed E-state index contributed by atoms with van der Waals surface area (Å²) in [5.74, 6) is 3.66. The maximum atomic E-state index is 11.1. The summed E-state index contributed by atoms with van der Waals surface area (Å²) in [6.45, 7) is 6.05. The quantitative estimate of drug-likeness (QED) is 0.875. The number of carbonyl (C=O) groups excluding carboxylic acids is 1. The maximum Gasteiger partial charge on any atom is 0.217 e. The molecule has 27 heavy (non-hydrogen) atoms. The van der Waals surface area contributed by atoms with E-state index < -0.39 is 0 Å². The van der Waals surface area contributed by atoms with Gasteiger partial charge in [0.05, 0.1) is 0 Å². The number of para-hydroxylation sites is 1. The highest BCUT2D eigenvalue weighted by Gasteiger charge is 2.35. The van der Waals surface area contributed by atoms with Gasteiger partial charge in [-0.15, -0.1) is 10.2 Å². The Morgan fingerprint density at radius 3 is 2.89 bits per heavy atom. The molecule has 1 aromatic carbocycles. The lowest BCUT2D eigenvalue weighted by Gasteiger charge is -2.34. The number of hydrogen-bond acceptors (Lipinski definition) is 5. The van der Waals surface area contributed by atoms with Gasteiger partial charge in [-0.3, -0.25) is 4.79 Å². The van der Waals surface area contributed by atoms with Crippen molar-refractivity contribution < 1.29 is 14.3 Å². The van der Waals surface area contributed by atoms with Crippen LogP contribution in [0.25, 0.3) is 0 Å². The van der Waals surface area contributed by atoms with Crippen LogP contribution < -0.4 is 14.8 Å². The molecule has 2 heterocycles. The predicted molar refractivity (Wildman–Crippen MR) is 99.8 cm³/mol. The van der Waals surface area contributed by atoms with Crippen LogP contribution in [-0.2, 0) is 24.9 Å². The number of fused-ring (bicyclic) bond motifs is 1. The van der Waals surface area contributed by atoms with Crippen molar-refractivity contribution in [3.63, 3.8) is 0 Å². The van der Waals surface area contributed by atoms with Crippen molar-refractivity contribution in [2.24, 2.45) is 7.05 Å². The minimum Gasteiger partial charge on any atom is -0.483 e. The van der Waals surface area contributed by atoms with E-state index in [4.69, 9.17) is 9.47 Å². The van der Waals surface area contributed by atoms with Crippen LogP contribution in [-0.4, -0.2) is 32.3 Å². The van der Waals surface area contributed by atoms with Crippen molar-refractivity contribution in [1.29, 1.82) is 0 Å². The topological polar surface area (TPSA) is 78.3 Å². The van der Waals surface area contributed by atoms with E-state index >= 15 is 0 Å². The summed E-state index contributed by atoms with van der Waals surface area (Å²) in [5, 5.41) is 11.6. The molecule has 1 N–H and O–H groups in total. The maximum absolute atomic E-state index is 11.1. The van der Waals surface area contributed by atoms with Gasteiger partial charge in [0.15, 0.2) is 17.3 Å². The number of amides is 1. The first-order valence-corrected chi connectivity index (χ1v) is 9.41. The lowest BCUT2D eigenvalue weighted by atomic mass is 9.79. The van der Waals surface area contributed by atoms with E-state index in [1.165, 1.54) is 5.56 Å². The van der Waals surface area contributed by atoms with E-state index in [9.17, 15) is 4.79 Å². The summed E-state index contributed by atoms with van der Waals surface area (Å²) in [6, 6.07) is 6.26. The number of ether oxygens (including phenoxy) is 2. The molecule has 0 radical (unpaired) electrons. The second kappa shape index (κ2) is 6.55. The van der Waals surface area contributed by atoms with E-state index in [1.807, 2.05) is 23.7 Å². The molecule has 7 nitrogen and oxygen atoms in total. The lowest BCUT2D eigenvalue weighted by Crippen LogP contribution is -2.43. The van der Waals surface area contributed by atoms with E-state index in [0.717, 1.165) is 42.4 Å². The summed E-state index contributed by atoms with van der Waals surface area (Å²) >= 11 is 0. The van der Waals surface area contributed by atoms with Crippen LogP contribution in [0.3, 0.4) is 0 Å². The number of benzene rings is 1. The number of aromatic nitrogens is 3. The highest BCUT2D eigenvalue weighted by Crippen LogP contribution is 2.42. The molecule has 1 amide bonds. The van der Waals surface area contributed by atoms with Gasteiger partial charge in [0.1, 0.15) is 18.0 Å². The van der Waals surface area contributed by atoms with Crippen molar-refractivity contribution in [2.75, 3.05) is 0 Å². The molecule has 0 bridgehead atoms. The normalized spacial score (nSPS) is 22.5. The fourth-order valence-corrected chi connectivity index (χ4v) is 3.93. The van der Waals surface area contributed by atoms with Crippen molar-refractivity contribution in [2.45, 2.75) is 64.2 Å². The molecule has 1 saturated carbocycles. The molecule has 0 unspecified atom stereocenters. The Bertz CT molecular complexity index is 868. The van der Waals surface area contributed by atoms with Gasteiger partial charge < -0.3 is 19.4 Å². The van der Waals surface area contributed by atoms with Crippen LogP contribution in [0.15, 0.2) is 18.2 Å². The molecule has 144 valence electrons. The van der Waals surface area contributed by atoms with E-state index in [0.29, 0.717) is 12.5 Å². The molecule has 2 aliphatic rings. The summed E-state index contributed by atoms with van der Waals surface area (Å²) < 4.78 is 14.1. The number of rotatable bonds is 5. The second-order valence-corrected chi connectivity index (χ2v) is 8.17. The minimum absolute atomic E-state index is 0.0197. The Balaban J connectivity index is 1.41. The fraction of sp³-hybridized carbons (Fsp3) is 0.550. The van der Waals surface area contributed by atoms with Gasteiger partial charge in [0, 0.05) is 37.9 Å². The zero-order chi connectivity index (χ0) is 19.2. The van der Waals surface area contributed by atoms with Gasteiger partial charge in [0.2, 0.25) is 5.91 Å². The van der Waals surface area contributed by atoms with Crippen LogP contribution in [0.2, 0.25) is 0 Å². The van der Waals surface area contributed by atoms with Crippen LogP contribution in [0.4, 0.5) is 0 Å². The third-order valence-electron chi connectivity index (χ3n) is 5.32. The molecule has 0 saturated heterocycles. The smallest absolute Gasteiger partial charge is 0.217 e. The van der Waals surface area contributed by atoms with E-state index in [-0.39, 0.29) is 17.6 Å². The zero-order valence-corrected chi connectivity index (χ0v) is 16.3. The average Bonchev–Trinajstić information content (AvgIpc) is 3.07. The lowest BCUT2D eigenvalue weighted by molar-refractivity contribution is -0.120. The van der Waals surface area contributed by atoms with Crippen molar-refractivity contribution in [3.8, 4) is 11.5 Å². The number of carbonyl (C=O) groups is 1. The second-order valence-electron chi connectivity index (χ2n) is 8.17. The minimum atomic E-state index is -0.200. The van der Waals surface area contributed by atoms with Gasteiger partial charge in [0.25, 0.3) is 0 Å². The van der Waals surface area contributed by atoms with Crippen LogP contribution >= 0.6 is 0 Å². The fourth-order valence-electron chi connectivity index (χ4n) is 3.93. The Hall–Kier alpha value is -2.57. The Labute approximate surface area is 159 Å². The summed E-state index contributed by atoms with van der Waals surface area (Å²) in [7, 11) is 1.97. The molecule has 7 heteroatoms. The zero-order valence-electron chi connectivity index (χ0n) is 16.3.